The van der Waals surface area contributed by atoms with Crippen LogP contribution < -0.4 is 14.4 Å². The van der Waals surface area contributed by atoms with Crippen molar-refractivity contribution in [3.63, 3.8) is 0 Å². The lowest BCUT2D eigenvalue weighted by atomic mass is 10.0. The molecule has 0 bridgehead atoms. The van der Waals surface area contributed by atoms with Crippen molar-refractivity contribution in [3.05, 3.63) is 126 Å². The quantitative estimate of drug-likeness (QED) is 0.192. The molecule has 0 aromatic heterocycles. The first-order valence-corrected chi connectivity index (χ1v) is 16.5. The van der Waals surface area contributed by atoms with Crippen molar-refractivity contribution in [1.29, 1.82) is 0 Å². The summed E-state index contributed by atoms with van der Waals surface area (Å²) in [6, 6.07) is 30.9. The Kier molecular flexibility index (Phi) is 11.4. The van der Waals surface area contributed by atoms with Gasteiger partial charge >= 0.3 is 0 Å². The van der Waals surface area contributed by atoms with E-state index in [0.717, 1.165) is 27.4 Å². The minimum atomic E-state index is -4.19. The van der Waals surface area contributed by atoms with Gasteiger partial charge in [-0.05, 0) is 67.8 Å². The van der Waals surface area contributed by atoms with Crippen LogP contribution >= 0.6 is 0 Å². The van der Waals surface area contributed by atoms with Gasteiger partial charge in [-0.2, -0.15) is 0 Å². The highest BCUT2D eigenvalue weighted by Gasteiger charge is 2.35. The number of carbonyl (C=O) groups excluding carboxylic acids is 2. The Labute approximate surface area is 266 Å². The van der Waals surface area contributed by atoms with Crippen LogP contribution in [0.25, 0.3) is 0 Å². The second-order valence-corrected chi connectivity index (χ2v) is 12.9. The van der Waals surface area contributed by atoms with Crippen molar-refractivity contribution < 1.29 is 22.7 Å². The number of ether oxygens (including phenoxy) is 1. The van der Waals surface area contributed by atoms with Crippen molar-refractivity contribution in [2.45, 2.75) is 57.1 Å². The lowest BCUT2D eigenvalue weighted by Crippen LogP contribution is -2.54. The van der Waals surface area contributed by atoms with Gasteiger partial charge in [0.05, 0.1) is 17.7 Å². The molecule has 0 spiro atoms. The van der Waals surface area contributed by atoms with E-state index >= 15 is 0 Å². The molecule has 45 heavy (non-hydrogen) atoms. The number of anilines is 1. The lowest BCUT2D eigenvalue weighted by Gasteiger charge is -2.34. The first kappa shape index (κ1) is 33.3. The number of hydrogen-bond acceptors (Lipinski definition) is 5. The van der Waals surface area contributed by atoms with Crippen LogP contribution in [-0.4, -0.2) is 50.9 Å². The summed E-state index contributed by atoms with van der Waals surface area (Å²) < 4.78 is 34.6. The van der Waals surface area contributed by atoms with E-state index in [1.54, 1.807) is 36.4 Å². The molecule has 0 saturated heterocycles. The Morgan fingerprint density at radius 1 is 0.822 bits per heavy atom. The molecule has 0 fully saturated rings. The number of hydrogen-bond donors (Lipinski definition) is 1. The molecule has 0 radical (unpaired) electrons. The number of rotatable bonds is 14. The maximum Gasteiger partial charge on any atom is 0.264 e. The van der Waals surface area contributed by atoms with Gasteiger partial charge in [0.25, 0.3) is 10.0 Å². The summed E-state index contributed by atoms with van der Waals surface area (Å²) >= 11 is 0. The largest absolute Gasteiger partial charge is 0.497 e. The average molecular weight is 628 g/mol. The highest BCUT2D eigenvalue weighted by atomic mass is 32.2. The highest BCUT2D eigenvalue weighted by Crippen LogP contribution is 2.27. The van der Waals surface area contributed by atoms with Crippen LogP contribution in [0.4, 0.5) is 5.69 Å². The number of nitrogens with zero attached hydrogens (tertiary/aromatic N) is 2. The van der Waals surface area contributed by atoms with Gasteiger partial charge in [-0.3, -0.25) is 13.9 Å². The lowest BCUT2D eigenvalue weighted by molar-refractivity contribution is -0.140. The second-order valence-electron chi connectivity index (χ2n) is 11.1. The molecule has 0 aliphatic heterocycles. The Hall–Kier alpha value is -4.63. The smallest absolute Gasteiger partial charge is 0.264 e. The minimum absolute atomic E-state index is 0.0154. The number of amides is 2. The van der Waals surface area contributed by atoms with Crippen LogP contribution in [0.1, 0.15) is 37.0 Å². The average Bonchev–Trinajstić information content (AvgIpc) is 3.06. The third-order valence-corrected chi connectivity index (χ3v) is 9.50. The Bertz CT molecular complexity index is 1640. The standard InChI is InChI=1S/C36H41N3O5S/c1-5-28(3)37-36(41)34(24-29-12-8-6-9-13-29)38(25-30-14-10-7-11-15-30)35(40)26-39(31-18-16-27(2)17-19-31)45(42,43)33-22-20-32(44-4)21-23-33/h6-23,28,34H,5,24-26H2,1-4H3,(H,37,41)/t28-,34-/m1/s1. The van der Waals surface area contributed by atoms with Gasteiger partial charge in [0.2, 0.25) is 11.8 Å². The molecule has 0 heterocycles. The van der Waals surface area contributed by atoms with Crippen LogP contribution in [0, 0.1) is 6.92 Å². The Morgan fingerprint density at radius 2 is 1.40 bits per heavy atom. The molecule has 4 aromatic rings. The van der Waals surface area contributed by atoms with Gasteiger partial charge in [-0.25, -0.2) is 8.42 Å². The SMILES string of the molecule is CC[C@@H](C)NC(=O)[C@@H](Cc1ccccc1)N(Cc1ccccc1)C(=O)CN(c1ccc(C)cc1)S(=O)(=O)c1ccc(OC)cc1. The fraction of sp³-hybridized carbons (Fsp3) is 0.278. The molecule has 9 heteroatoms. The molecule has 2 atom stereocenters. The summed E-state index contributed by atoms with van der Waals surface area (Å²) in [7, 11) is -2.69. The normalized spacial score (nSPS) is 12.5. The number of benzene rings is 4. The van der Waals surface area contributed by atoms with E-state index in [0.29, 0.717) is 11.4 Å². The number of aryl methyl sites for hydroxylation is 1. The Balaban J connectivity index is 1.79. The van der Waals surface area contributed by atoms with Crippen LogP contribution in [0.2, 0.25) is 0 Å². The number of sulfonamides is 1. The van der Waals surface area contributed by atoms with Gasteiger partial charge in [0, 0.05) is 19.0 Å². The van der Waals surface area contributed by atoms with Gasteiger partial charge < -0.3 is 15.0 Å². The zero-order valence-corrected chi connectivity index (χ0v) is 27.0. The van der Waals surface area contributed by atoms with Gasteiger partial charge in [-0.15, -0.1) is 0 Å². The molecule has 0 aliphatic rings. The third kappa shape index (κ3) is 8.73. The van der Waals surface area contributed by atoms with Crippen molar-refractivity contribution >= 4 is 27.5 Å². The first-order chi connectivity index (χ1) is 21.6. The molecule has 4 aromatic carbocycles. The first-order valence-electron chi connectivity index (χ1n) is 15.0. The van der Waals surface area contributed by atoms with Gasteiger partial charge in [-0.1, -0.05) is 85.3 Å². The van der Waals surface area contributed by atoms with E-state index in [1.165, 1.54) is 24.1 Å². The maximum absolute atomic E-state index is 14.5. The fourth-order valence-electron chi connectivity index (χ4n) is 4.89. The zero-order valence-electron chi connectivity index (χ0n) is 26.2. The van der Waals surface area contributed by atoms with E-state index in [-0.39, 0.29) is 29.8 Å². The molecule has 0 aliphatic carbocycles. The summed E-state index contributed by atoms with van der Waals surface area (Å²) in [5.41, 5.74) is 2.99. The minimum Gasteiger partial charge on any atom is -0.497 e. The van der Waals surface area contributed by atoms with Crippen LogP contribution in [-0.2, 0) is 32.6 Å². The number of carbonyl (C=O) groups is 2. The molecule has 1 N–H and O–H groups in total. The van der Waals surface area contributed by atoms with Crippen molar-refractivity contribution in [1.82, 2.24) is 10.2 Å². The van der Waals surface area contributed by atoms with E-state index in [2.05, 4.69) is 5.32 Å². The monoisotopic (exact) mass is 627 g/mol. The molecule has 2 amide bonds. The zero-order chi connectivity index (χ0) is 32.4. The van der Waals surface area contributed by atoms with Gasteiger partial charge in [0.15, 0.2) is 0 Å². The molecular weight excluding hydrogens is 586 g/mol. The highest BCUT2D eigenvalue weighted by molar-refractivity contribution is 7.92. The second kappa shape index (κ2) is 15.4. The van der Waals surface area contributed by atoms with E-state index in [9.17, 15) is 18.0 Å². The van der Waals surface area contributed by atoms with Crippen molar-refractivity contribution in [3.8, 4) is 5.75 Å². The van der Waals surface area contributed by atoms with E-state index in [4.69, 9.17) is 4.74 Å². The summed E-state index contributed by atoms with van der Waals surface area (Å²) in [6.45, 7) is 5.42. The molecule has 0 saturated carbocycles. The van der Waals surface area contributed by atoms with Crippen molar-refractivity contribution in [2.24, 2.45) is 0 Å². The molecule has 8 nitrogen and oxygen atoms in total. The summed E-state index contributed by atoms with van der Waals surface area (Å²) in [4.78, 5) is 29.9. The maximum atomic E-state index is 14.5. The van der Waals surface area contributed by atoms with Crippen LogP contribution in [0.15, 0.2) is 114 Å². The fourth-order valence-corrected chi connectivity index (χ4v) is 6.30. The number of nitrogens with one attached hydrogen (secondary N) is 1. The predicted octanol–water partition coefficient (Wildman–Crippen LogP) is 5.75. The van der Waals surface area contributed by atoms with Crippen LogP contribution in [0.5, 0.6) is 5.75 Å². The molecular formula is C36H41N3O5S. The molecule has 4 rings (SSSR count). The van der Waals surface area contributed by atoms with Crippen molar-refractivity contribution in [2.75, 3.05) is 18.0 Å². The topological polar surface area (TPSA) is 96.0 Å². The Morgan fingerprint density at radius 3 is 1.96 bits per heavy atom. The summed E-state index contributed by atoms with van der Waals surface area (Å²) in [6.07, 6.45) is 0.981. The van der Waals surface area contributed by atoms with Crippen LogP contribution in [0.3, 0.4) is 0 Å². The van der Waals surface area contributed by atoms with Gasteiger partial charge in [0.1, 0.15) is 18.3 Å². The van der Waals surface area contributed by atoms with E-state index in [1.807, 2.05) is 81.4 Å². The molecule has 0 unspecified atom stereocenters. The summed E-state index contributed by atoms with van der Waals surface area (Å²) in [5.74, 6) is -0.286. The third-order valence-electron chi connectivity index (χ3n) is 7.72. The molecule has 236 valence electrons. The summed E-state index contributed by atoms with van der Waals surface area (Å²) in [5, 5.41) is 3.05. The van der Waals surface area contributed by atoms with E-state index < -0.39 is 28.5 Å². The number of methoxy groups -OCH3 is 1. The predicted molar refractivity (Wildman–Crippen MR) is 178 cm³/mol.